The molecule has 0 bridgehead atoms. The van der Waals surface area contributed by atoms with Gasteiger partial charge >= 0.3 is 6.18 Å². The zero-order valence-corrected chi connectivity index (χ0v) is 11.8. The van der Waals surface area contributed by atoms with Crippen LogP contribution in [0.1, 0.15) is 12.0 Å². The molecule has 1 amide bonds. The lowest BCUT2D eigenvalue weighted by Crippen LogP contribution is -2.35. The van der Waals surface area contributed by atoms with Gasteiger partial charge in [0, 0.05) is 13.1 Å². The third kappa shape index (κ3) is 4.47. The second kappa shape index (κ2) is 6.49. The molecule has 3 nitrogen and oxygen atoms in total. The Morgan fingerprint density at radius 2 is 2.10 bits per heavy atom. The smallest absolute Gasteiger partial charge is 0.324 e. The molecule has 0 atom stereocenters. The zero-order chi connectivity index (χ0) is 15.5. The van der Waals surface area contributed by atoms with E-state index in [0.717, 1.165) is 31.2 Å². The van der Waals surface area contributed by atoms with Crippen molar-refractivity contribution in [2.75, 3.05) is 25.0 Å². The molecule has 0 spiro atoms. The van der Waals surface area contributed by atoms with Crippen molar-refractivity contribution >= 4 is 23.2 Å². The minimum absolute atomic E-state index is 0.0240. The summed E-state index contributed by atoms with van der Waals surface area (Å²) in [5.41, 5.74) is -0.868. The van der Waals surface area contributed by atoms with Gasteiger partial charge in [0.25, 0.3) is 0 Å². The molecular formula is C14H14ClF3N2O. The first-order valence-corrected chi connectivity index (χ1v) is 6.78. The van der Waals surface area contributed by atoms with Crippen LogP contribution in [0.25, 0.3) is 0 Å². The van der Waals surface area contributed by atoms with Crippen LogP contribution in [-0.2, 0) is 11.0 Å². The van der Waals surface area contributed by atoms with E-state index in [4.69, 9.17) is 11.6 Å². The Morgan fingerprint density at radius 1 is 1.33 bits per heavy atom. The minimum Gasteiger partial charge on any atom is -0.324 e. The van der Waals surface area contributed by atoms with E-state index in [2.05, 4.69) is 5.32 Å². The predicted octanol–water partition coefficient (Wildman–Crippen LogP) is 3.56. The van der Waals surface area contributed by atoms with Crippen LogP contribution in [0.5, 0.6) is 0 Å². The first-order valence-electron chi connectivity index (χ1n) is 6.40. The first kappa shape index (κ1) is 15.9. The number of rotatable bonds is 3. The van der Waals surface area contributed by atoms with E-state index in [1.165, 1.54) is 0 Å². The molecule has 1 heterocycles. The summed E-state index contributed by atoms with van der Waals surface area (Å²) in [7, 11) is 0. The molecular weight excluding hydrogens is 305 g/mol. The van der Waals surface area contributed by atoms with Gasteiger partial charge in [-0.15, -0.1) is 0 Å². The lowest BCUT2D eigenvalue weighted by molar-refractivity contribution is -0.137. The lowest BCUT2D eigenvalue weighted by Gasteiger charge is -2.22. The summed E-state index contributed by atoms with van der Waals surface area (Å²) < 4.78 is 37.9. The van der Waals surface area contributed by atoms with Crippen LogP contribution in [0.2, 0.25) is 5.02 Å². The van der Waals surface area contributed by atoms with E-state index < -0.39 is 11.7 Å². The third-order valence-electron chi connectivity index (χ3n) is 3.08. The number of benzene rings is 1. The molecule has 1 aliphatic heterocycles. The molecule has 21 heavy (non-hydrogen) atoms. The van der Waals surface area contributed by atoms with Gasteiger partial charge in [-0.25, -0.2) is 0 Å². The Balaban J connectivity index is 2.04. The molecule has 0 unspecified atom stereocenters. The van der Waals surface area contributed by atoms with Gasteiger partial charge < -0.3 is 5.32 Å². The van der Waals surface area contributed by atoms with E-state index in [-0.39, 0.29) is 23.2 Å². The molecule has 0 saturated heterocycles. The number of carbonyl (C=O) groups is 1. The van der Waals surface area contributed by atoms with Gasteiger partial charge in [-0.3, -0.25) is 9.69 Å². The molecule has 7 heteroatoms. The molecule has 1 aromatic carbocycles. The largest absolute Gasteiger partial charge is 0.416 e. The molecule has 0 fully saturated rings. The number of carbonyl (C=O) groups excluding carboxylic acids is 1. The van der Waals surface area contributed by atoms with E-state index in [9.17, 15) is 18.0 Å². The average Bonchev–Trinajstić information content (AvgIpc) is 2.41. The van der Waals surface area contributed by atoms with Crippen LogP contribution in [0.3, 0.4) is 0 Å². The highest BCUT2D eigenvalue weighted by atomic mass is 35.5. The van der Waals surface area contributed by atoms with Gasteiger partial charge in [0.15, 0.2) is 0 Å². The summed E-state index contributed by atoms with van der Waals surface area (Å²) in [6.45, 7) is 1.53. The number of anilines is 1. The van der Waals surface area contributed by atoms with Crippen LogP contribution >= 0.6 is 11.6 Å². The van der Waals surface area contributed by atoms with Crippen molar-refractivity contribution in [3.8, 4) is 0 Å². The summed E-state index contributed by atoms with van der Waals surface area (Å²) >= 11 is 5.83. The maximum atomic E-state index is 12.6. The zero-order valence-electron chi connectivity index (χ0n) is 11.1. The second-order valence-electron chi connectivity index (χ2n) is 4.74. The van der Waals surface area contributed by atoms with Gasteiger partial charge in [0.1, 0.15) is 0 Å². The molecule has 1 aromatic rings. The van der Waals surface area contributed by atoms with E-state index in [1.807, 2.05) is 17.1 Å². The Kier molecular flexibility index (Phi) is 4.90. The van der Waals surface area contributed by atoms with E-state index >= 15 is 0 Å². The van der Waals surface area contributed by atoms with Gasteiger partial charge in [0.2, 0.25) is 5.91 Å². The van der Waals surface area contributed by atoms with E-state index in [1.54, 1.807) is 0 Å². The fraction of sp³-hybridized carbons (Fsp3) is 0.357. The molecule has 0 aliphatic carbocycles. The van der Waals surface area contributed by atoms with Crippen molar-refractivity contribution in [2.24, 2.45) is 0 Å². The molecule has 0 saturated carbocycles. The average molecular weight is 319 g/mol. The van der Waals surface area contributed by atoms with Gasteiger partial charge in [-0.1, -0.05) is 23.8 Å². The fourth-order valence-corrected chi connectivity index (χ4v) is 2.19. The number of nitrogens with zero attached hydrogens (tertiary/aromatic N) is 1. The van der Waals surface area contributed by atoms with Gasteiger partial charge in [0.05, 0.1) is 22.8 Å². The van der Waals surface area contributed by atoms with Crippen molar-refractivity contribution in [3.05, 3.63) is 40.9 Å². The maximum Gasteiger partial charge on any atom is 0.416 e. The van der Waals surface area contributed by atoms with Crippen LogP contribution < -0.4 is 5.32 Å². The Hall–Kier alpha value is -1.53. The minimum atomic E-state index is -4.47. The molecule has 0 aromatic heterocycles. The standard InChI is InChI=1S/C14H14ClF3N2O/c15-11-5-4-10(14(16,17)18)8-12(11)19-13(21)9-20-6-2-1-3-7-20/h1-2,4-5,8H,3,6-7,9H2,(H,19,21). The fourth-order valence-electron chi connectivity index (χ4n) is 2.02. The highest BCUT2D eigenvalue weighted by Crippen LogP contribution is 2.33. The predicted molar refractivity (Wildman–Crippen MR) is 75.3 cm³/mol. The SMILES string of the molecule is O=C(CN1CC=CCC1)Nc1cc(C(F)(F)F)ccc1Cl. The van der Waals surface area contributed by atoms with Crippen LogP contribution in [0, 0.1) is 0 Å². The highest BCUT2D eigenvalue weighted by Gasteiger charge is 2.31. The van der Waals surface area contributed by atoms with Crippen LogP contribution in [0.15, 0.2) is 30.4 Å². The molecule has 1 aliphatic rings. The summed E-state index contributed by atoms with van der Waals surface area (Å²) in [4.78, 5) is 13.8. The lowest BCUT2D eigenvalue weighted by atomic mass is 10.2. The molecule has 1 N–H and O–H groups in total. The van der Waals surface area contributed by atoms with Gasteiger partial charge in [-0.2, -0.15) is 13.2 Å². The van der Waals surface area contributed by atoms with Gasteiger partial charge in [-0.05, 0) is 24.6 Å². The van der Waals surface area contributed by atoms with Crippen LogP contribution in [0.4, 0.5) is 18.9 Å². The number of hydrogen-bond acceptors (Lipinski definition) is 2. The Labute approximate surface area is 125 Å². The summed E-state index contributed by atoms with van der Waals surface area (Å²) in [6, 6.07) is 2.85. The third-order valence-corrected chi connectivity index (χ3v) is 3.41. The van der Waals surface area contributed by atoms with Crippen molar-refractivity contribution in [1.82, 2.24) is 4.90 Å². The monoisotopic (exact) mass is 318 g/mol. The summed E-state index contributed by atoms with van der Waals surface area (Å²) in [5, 5.41) is 2.51. The summed E-state index contributed by atoms with van der Waals surface area (Å²) in [5.74, 6) is -0.383. The molecule has 0 radical (unpaired) electrons. The number of halogens is 4. The number of alkyl halides is 3. The highest BCUT2D eigenvalue weighted by molar-refractivity contribution is 6.33. The number of amides is 1. The Morgan fingerprint density at radius 3 is 2.71 bits per heavy atom. The van der Waals surface area contributed by atoms with Crippen molar-refractivity contribution < 1.29 is 18.0 Å². The van der Waals surface area contributed by atoms with Crippen molar-refractivity contribution in [2.45, 2.75) is 12.6 Å². The van der Waals surface area contributed by atoms with Crippen molar-refractivity contribution in [3.63, 3.8) is 0 Å². The Bertz CT molecular complexity index is 558. The molecule has 2 rings (SSSR count). The maximum absolute atomic E-state index is 12.6. The normalized spacial score (nSPS) is 16.0. The van der Waals surface area contributed by atoms with Crippen molar-refractivity contribution in [1.29, 1.82) is 0 Å². The molecule has 114 valence electrons. The van der Waals surface area contributed by atoms with E-state index in [0.29, 0.717) is 6.54 Å². The number of hydrogen-bond donors (Lipinski definition) is 1. The first-order chi connectivity index (χ1) is 9.86. The summed E-state index contributed by atoms with van der Waals surface area (Å²) in [6.07, 6.45) is 0.367. The quantitative estimate of drug-likeness (QED) is 0.864. The topological polar surface area (TPSA) is 32.3 Å². The van der Waals surface area contributed by atoms with Crippen LogP contribution in [-0.4, -0.2) is 30.4 Å². The second-order valence-corrected chi connectivity index (χ2v) is 5.14. The number of nitrogens with one attached hydrogen (secondary N) is 1.